The predicted molar refractivity (Wildman–Crippen MR) is 45.9 cm³/mol. The van der Waals surface area contributed by atoms with Crippen molar-refractivity contribution in [3.05, 3.63) is 35.4 Å². The number of allylic oxidation sites excluding steroid dienone is 1. The normalized spacial score (nSPS) is 19.2. The maximum absolute atomic E-state index is 10.5. The van der Waals surface area contributed by atoms with Crippen LogP contribution < -0.4 is 0 Å². The molecule has 0 aromatic heterocycles. The van der Waals surface area contributed by atoms with E-state index in [2.05, 4.69) is 0 Å². The predicted octanol–water partition coefficient (Wildman–Crippen LogP) is 1.70. The van der Waals surface area contributed by atoms with Crippen molar-refractivity contribution >= 4 is 12.4 Å². The van der Waals surface area contributed by atoms with Gasteiger partial charge in [-0.2, -0.15) is 0 Å². The van der Waals surface area contributed by atoms with Crippen molar-refractivity contribution in [3.8, 4) is 5.75 Å². The Morgan fingerprint density at radius 1 is 1.42 bits per heavy atom. The van der Waals surface area contributed by atoms with Crippen molar-refractivity contribution in [1.82, 2.24) is 0 Å². The molecule has 0 aliphatic heterocycles. The number of phenols is 1. The van der Waals surface area contributed by atoms with Gasteiger partial charge < -0.3 is 9.90 Å². The molecule has 0 spiro atoms. The van der Waals surface area contributed by atoms with Crippen LogP contribution in [0.2, 0.25) is 0 Å². The number of aromatic hydroxyl groups is 1. The molecule has 12 heavy (non-hydrogen) atoms. The lowest BCUT2D eigenvalue weighted by Gasteiger charge is -2.02. The molecule has 1 atom stereocenters. The SMILES string of the molecule is O=CC1C=Cc2ccc(O)cc21. The molecule has 0 saturated carbocycles. The highest BCUT2D eigenvalue weighted by molar-refractivity contribution is 5.77. The van der Waals surface area contributed by atoms with E-state index in [1.54, 1.807) is 12.1 Å². The number of hydrogen-bond donors (Lipinski definition) is 1. The third-order valence-electron chi connectivity index (χ3n) is 2.06. The summed E-state index contributed by atoms with van der Waals surface area (Å²) in [6.07, 6.45) is 4.60. The van der Waals surface area contributed by atoms with E-state index >= 15 is 0 Å². The molecule has 0 radical (unpaired) electrons. The molecular formula is C10H8O2. The Morgan fingerprint density at radius 2 is 2.25 bits per heavy atom. The maximum atomic E-state index is 10.5. The molecule has 0 saturated heterocycles. The van der Waals surface area contributed by atoms with Crippen LogP contribution in [0.3, 0.4) is 0 Å². The van der Waals surface area contributed by atoms with Gasteiger partial charge in [0.1, 0.15) is 12.0 Å². The monoisotopic (exact) mass is 160 g/mol. The zero-order valence-corrected chi connectivity index (χ0v) is 6.40. The van der Waals surface area contributed by atoms with Crippen molar-refractivity contribution in [2.75, 3.05) is 0 Å². The summed E-state index contributed by atoms with van der Waals surface area (Å²) in [5.41, 5.74) is 1.91. The molecule has 2 nitrogen and oxygen atoms in total. The van der Waals surface area contributed by atoms with Crippen LogP contribution in [0.1, 0.15) is 17.0 Å². The van der Waals surface area contributed by atoms with E-state index < -0.39 is 0 Å². The zero-order chi connectivity index (χ0) is 8.55. The van der Waals surface area contributed by atoms with Crippen LogP contribution in [-0.4, -0.2) is 11.4 Å². The van der Waals surface area contributed by atoms with E-state index in [0.29, 0.717) is 0 Å². The lowest BCUT2D eigenvalue weighted by molar-refractivity contribution is -0.108. The molecule has 1 aliphatic carbocycles. The summed E-state index contributed by atoms with van der Waals surface area (Å²) in [6, 6.07) is 5.06. The largest absolute Gasteiger partial charge is 0.508 e. The number of hydrogen-bond acceptors (Lipinski definition) is 2. The first kappa shape index (κ1) is 7.10. The Labute approximate surface area is 70.2 Å². The van der Waals surface area contributed by atoms with Crippen molar-refractivity contribution < 1.29 is 9.90 Å². The van der Waals surface area contributed by atoms with Crippen LogP contribution in [-0.2, 0) is 4.79 Å². The van der Waals surface area contributed by atoms with Gasteiger partial charge in [0.15, 0.2) is 0 Å². The topological polar surface area (TPSA) is 37.3 Å². The minimum atomic E-state index is -0.174. The summed E-state index contributed by atoms with van der Waals surface area (Å²) < 4.78 is 0. The molecule has 60 valence electrons. The fraction of sp³-hybridized carbons (Fsp3) is 0.100. The van der Waals surface area contributed by atoms with Gasteiger partial charge >= 0.3 is 0 Å². The van der Waals surface area contributed by atoms with E-state index in [9.17, 15) is 4.79 Å². The van der Waals surface area contributed by atoms with Gasteiger partial charge in [-0.15, -0.1) is 0 Å². The van der Waals surface area contributed by atoms with Gasteiger partial charge in [-0.25, -0.2) is 0 Å². The van der Waals surface area contributed by atoms with Gasteiger partial charge in [0.05, 0.1) is 5.92 Å². The van der Waals surface area contributed by atoms with Gasteiger partial charge in [-0.3, -0.25) is 0 Å². The third-order valence-corrected chi connectivity index (χ3v) is 2.06. The van der Waals surface area contributed by atoms with Gasteiger partial charge in [-0.05, 0) is 23.3 Å². The Hall–Kier alpha value is -1.57. The Bertz CT molecular complexity index is 353. The fourth-order valence-corrected chi connectivity index (χ4v) is 1.43. The first-order valence-electron chi connectivity index (χ1n) is 3.77. The number of benzene rings is 1. The summed E-state index contributed by atoms with van der Waals surface area (Å²) in [5.74, 6) is 0.0383. The van der Waals surface area contributed by atoms with Gasteiger partial charge in [0, 0.05) is 0 Å². The van der Waals surface area contributed by atoms with Crippen LogP contribution >= 0.6 is 0 Å². The van der Waals surface area contributed by atoms with Crippen LogP contribution in [0.5, 0.6) is 5.75 Å². The average molecular weight is 160 g/mol. The Morgan fingerprint density at radius 3 is 3.00 bits per heavy atom. The van der Waals surface area contributed by atoms with Gasteiger partial charge in [0.2, 0.25) is 0 Å². The smallest absolute Gasteiger partial charge is 0.131 e. The second-order valence-electron chi connectivity index (χ2n) is 2.83. The van der Waals surface area contributed by atoms with Crippen LogP contribution in [0.4, 0.5) is 0 Å². The second-order valence-corrected chi connectivity index (χ2v) is 2.83. The molecular weight excluding hydrogens is 152 g/mol. The summed E-state index contributed by atoms with van der Waals surface area (Å²) in [7, 11) is 0. The molecule has 2 rings (SSSR count). The third kappa shape index (κ3) is 0.925. The molecule has 1 aliphatic rings. The number of rotatable bonds is 1. The first-order valence-corrected chi connectivity index (χ1v) is 3.77. The highest BCUT2D eigenvalue weighted by atomic mass is 16.3. The van der Waals surface area contributed by atoms with E-state index in [-0.39, 0.29) is 11.7 Å². The average Bonchev–Trinajstić information content (AvgIpc) is 2.46. The number of fused-ring (bicyclic) bond motifs is 1. The zero-order valence-electron chi connectivity index (χ0n) is 6.40. The van der Waals surface area contributed by atoms with Crippen LogP contribution in [0.25, 0.3) is 6.08 Å². The highest BCUT2D eigenvalue weighted by Gasteiger charge is 2.16. The quantitative estimate of drug-likeness (QED) is 0.635. The molecule has 0 bridgehead atoms. The van der Waals surface area contributed by atoms with Crippen molar-refractivity contribution in [2.24, 2.45) is 0 Å². The molecule has 1 aromatic rings. The van der Waals surface area contributed by atoms with Crippen molar-refractivity contribution in [1.29, 1.82) is 0 Å². The molecule has 0 amide bonds. The van der Waals surface area contributed by atoms with Gasteiger partial charge in [-0.1, -0.05) is 18.2 Å². The van der Waals surface area contributed by atoms with E-state index in [0.717, 1.165) is 17.4 Å². The second kappa shape index (κ2) is 2.48. The minimum Gasteiger partial charge on any atom is -0.508 e. The Balaban J connectivity index is 2.54. The van der Waals surface area contributed by atoms with E-state index in [4.69, 9.17) is 5.11 Å². The standard InChI is InChI=1S/C10H8O2/c11-6-8-2-1-7-3-4-9(12)5-10(7)8/h1-6,8,12H. The van der Waals surface area contributed by atoms with E-state index in [1.807, 2.05) is 18.2 Å². The molecule has 0 fully saturated rings. The van der Waals surface area contributed by atoms with Crippen molar-refractivity contribution in [2.45, 2.75) is 5.92 Å². The molecule has 1 N–H and O–H groups in total. The highest BCUT2D eigenvalue weighted by Crippen LogP contribution is 2.30. The number of aldehydes is 1. The maximum Gasteiger partial charge on any atom is 0.131 e. The molecule has 2 heteroatoms. The number of phenolic OH excluding ortho intramolecular Hbond substituents is 1. The summed E-state index contributed by atoms with van der Waals surface area (Å²) in [6.45, 7) is 0. The minimum absolute atomic E-state index is 0.174. The number of carbonyl (C=O) groups is 1. The van der Waals surface area contributed by atoms with Crippen LogP contribution in [0.15, 0.2) is 24.3 Å². The van der Waals surface area contributed by atoms with Crippen LogP contribution in [0, 0.1) is 0 Å². The lowest BCUT2D eigenvalue weighted by Crippen LogP contribution is -1.92. The summed E-state index contributed by atoms with van der Waals surface area (Å²) in [4.78, 5) is 10.5. The summed E-state index contributed by atoms with van der Waals surface area (Å²) >= 11 is 0. The molecule has 1 unspecified atom stereocenters. The molecule has 0 heterocycles. The summed E-state index contributed by atoms with van der Waals surface area (Å²) in [5, 5.41) is 9.17. The Kier molecular flexibility index (Phi) is 1.47. The van der Waals surface area contributed by atoms with E-state index in [1.165, 1.54) is 0 Å². The van der Waals surface area contributed by atoms with Gasteiger partial charge in [0.25, 0.3) is 0 Å². The fourth-order valence-electron chi connectivity index (χ4n) is 1.43. The number of carbonyl (C=O) groups excluding carboxylic acids is 1. The first-order chi connectivity index (χ1) is 5.81. The van der Waals surface area contributed by atoms with Crippen molar-refractivity contribution in [3.63, 3.8) is 0 Å². The molecule has 1 aromatic carbocycles. The lowest BCUT2D eigenvalue weighted by atomic mass is 10.0.